The van der Waals surface area contributed by atoms with Gasteiger partial charge in [0.2, 0.25) is 11.5 Å². The second-order valence-electron chi connectivity index (χ2n) is 5.22. The highest BCUT2D eigenvalue weighted by Crippen LogP contribution is 2.43. The number of pyridine rings is 1. The van der Waals surface area contributed by atoms with Gasteiger partial charge in [-0.05, 0) is 24.6 Å². The first kappa shape index (κ1) is 19.8. The van der Waals surface area contributed by atoms with Crippen molar-refractivity contribution >= 4 is 17.4 Å². The van der Waals surface area contributed by atoms with Crippen LogP contribution in [0.25, 0.3) is 0 Å². The molecule has 9 heteroatoms. The third-order valence-electron chi connectivity index (χ3n) is 3.64. The number of rotatable bonds is 5. The first-order chi connectivity index (χ1) is 12.1. The third kappa shape index (κ3) is 3.55. The molecule has 0 atom stereocenters. The van der Waals surface area contributed by atoms with Gasteiger partial charge >= 0.3 is 6.18 Å². The van der Waals surface area contributed by atoms with E-state index in [0.29, 0.717) is 23.6 Å². The lowest BCUT2D eigenvalue weighted by atomic mass is 9.99. The molecule has 140 valence electrons. The van der Waals surface area contributed by atoms with Crippen LogP contribution in [0.3, 0.4) is 0 Å². The van der Waals surface area contributed by atoms with E-state index in [0.717, 1.165) is 0 Å². The summed E-state index contributed by atoms with van der Waals surface area (Å²) in [5, 5.41) is -0.416. The molecule has 0 bridgehead atoms. The van der Waals surface area contributed by atoms with Gasteiger partial charge in [-0.3, -0.25) is 9.78 Å². The van der Waals surface area contributed by atoms with Crippen molar-refractivity contribution in [3.05, 3.63) is 45.7 Å². The molecule has 0 aliphatic heterocycles. The summed E-state index contributed by atoms with van der Waals surface area (Å²) in [4.78, 5) is 16.5. The SMILES string of the molecule is COc1cc(C)c(C(=O)c2ncc(C(F)(F)F)cc2Cl)c(OC)c1OC. The number of aryl methyl sites for hydroxylation is 1. The van der Waals surface area contributed by atoms with Crippen LogP contribution in [0.4, 0.5) is 13.2 Å². The number of halogens is 4. The molecule has 0 aliphatic carbocycles. The largest absolute Gasteiger partial charge is 0.493 e. The Hall–Kier alpha value is -2.48. The molecular weight excluding hydrogens is 375 g/mol. The van der Waals surface area contributed by atoms with E-state index >= 15 is 0 Å². The fourth-order valence-corrected chi connectivity index (χ4v) is 2.69. The van der Waals surface area contributed by atoms with E-state index in [1.165, 1.54) is 21.3 Å². The highest BCUT2D eigenvalue weighted by Gasteiger charge is 2.33. The molecule has 0 saturated heterocycles. The fraction of sp³-hybridized carbons (Fsp3) is 0.294. The smallest absolute Gasteiger partial charge is 0.417 e. The van der Waals surface area contributed by atoms with E-state index in [1.807, 2.05) is 0 Å². The number of benzene rings is 1. The van der Waals surface area contributed by atoms with Gasteiger partial charge in [-0.15, -0.1) is 0 Å². The molecule has 0 N–H and O–H groups in total. The van der Waals surface area contributed by atoms with Gasteiger partial charge in [0.25, 0.3) is 0 Å². The fourth-order valence-electron chi connectivity index (χ4n) is 2.44. The highest BCUT2D eigenvalue weighted by atomic mass is 35.5. The lowest BCUT2D eigenvalue weighted by Gasteiger charge is -2.17. The summed E-state index contributed by atoms with van der Waals surface area (Å²) in [6, 6.07) is 2.21. The molecule has 0 unspecified atom stereocenters. The van der Waals surface area contributed by atoms with Gasteiger partial charge in [-0.1, -0.05) is 11.6 Å². The molecule has 2 aromatic rings. The van der Waals surface area contributed by atoms with Crippen LogP contribution >= 0.6 is 11.6 Å². The van der Waals surface area contributed by atoms with Crippen LogP contribution in [0.2, 0.25) is 5.02 Å². The van der Waals surface area contributed by atoms with Gasteiger partial charge in [-0.25, -0.2) is 0 Å². The second-order valence-corrected chi connectivity index (χ2v) is 5.63. The number of nitrogens with zero attached hydrogens (tertiary/aromatic N) is 1. The van der Waals surface area contributed by atoms with Crippen LogP contribution in [-0.4, -0.2) is 32.1 Å². The number of methoxy groups -OCH3 is 3. The Bertz CT molecular complexity index is 853. The maximum atomic E-state index is 12.9. The lowest BCUT2D eigenvalue weighted by molar-refractivity contribution is -0.137. The molecule has 0 spiro atoms. The third-order valence-corrected chi connectivity index (χ3v) is 3.93. The summed E-state index contributed by atoms with van der Waals surface area (Å²) in [5.41, 5.74) is -0.843. The van der Waals surface area contributed by atoms with Crippen molar-refractivity contribution in [2.24, 2.45) is 0 Å². The highest BCUT2D eigenvalue weighted by molar-refractivity contribution is 6.34. The molecule has 0 fully saturated rings. The number of hydrogen-bond donors (Lipinski definition) is 0. The Morgan fingerprint density at radius 2 is 1.69 bits per heavy atom. The zero-order valence-electron chi connectivity index (χ0n) is 14.3. The first-order valence-corrected chi connectivity index (χ1v) is 7.60. The molecule has 1 aromatic heterocycles. The maximum Gasteiger partial charge on any atom is 0.417 e. The van der Waals surface area contributed by atoms with E-state index in [-0.39, 0.29) is 22.8 Å². The number of ketones is 1. The summed E-state index contributed by atoms with van der Waals surface area (Å²) in [6.45, 7) is 1.62. The topological polar surface area (TPSA) is 57.7 Å². The molecular formula is C17H15ClF3NO4. The van der Waals surface area contributed by atoms with Crippen molar-refractivity contribution < 1.29 is 32.2 Å². The van der Waals surface area contributed by atoms with Gasteiger partial charge in [0.1, 0.15) is 5.69 Å². The summed E-state index contributed by atoms with van der Waals surface area (Å²) in [6.07, 6.45) is -4.06. The molecule has 1 aromatic carbocycles. The van der Waals surface area contributed by atoms with Crippen molar-refractivity contribution in [1.29, 1.82) is 0 Å². The molecule has 2 rings (SSSR count). The molecule has 26 heavy (non-hydrogen) atoms. The van der Waals surface area contributed by atoms with Crippen LogP contribution in [0.5, 0.6) is 17.2 Å². The monoisotopic (exact) mass is 389 g/mol. The summed E-state index contributed by atoms with van der Waals surface area (Å²) in [5.74, 6) is -0.108. The summed E-state index contributed by atoms with van der Waals surface area (Å²) in [7, 11) is 4.12. The van der Waals surface area contributed by atoms with Gasteiger partial charge in [0.05, 0.1) is 37.5 Å². The van der Waals surface area contributed by atoms with Crippen molar-refractivity contribution in [3.8, 4) is 17.2 Å². The Labute approximate surface area is 152 Å². The van der Waals surface area contributed by atoms with Crippen molar-refractivity contribution in [3.63, 3.8) is 0 Å². The van der Waals surface area contributed by atoms with Gasteiger partial charge in [0, 0.05) is 6.20 Å². The molecule has 5 nitrogen and oxygen atoms in total. The van der Waals surface area contributed by atoms with E-state index in [4.69, 9.17) is 25.8 Å². The van der Waals surface area contributed by atoms with Crippen LogP contribution < -0.4 is 14.2 Å². The van der Waals surface area contributed by atoms with Crippen molar-refractivity contribution in [2.45, 2.75) is 13.1 Å². The minimum atomic E-state index is -4.62. The predicted molar refractivity (Wildman–Crippen MR) is 88.5 cm³/mol. The van der Waals surface area contributed by atoms with Crippen molar-refractivity contribution in [1.82, 2.24) is 4.98 Å². The summed E-state index contributed by atoms with van der Waals surface area (Å²) >= 11 is 5.88. The first-order valence-electron chi connectivity index (χ1n) is 7.22. The number of carbonyl (C=O) groups excluding carboxylic acids is 1. The van der Waals surface area contributed by atoms with E-state index < -0.39 is 22.5 Å². The number of alkyl halides is 3. The Morgan fingerprint density at radius 1 is 1.08 bits per heavy atom. The number of ether oxygens (including phenoxy) is 3. The van der Waals surface area contributed by atoms with E-state index in [1.54, 1.807) is 13.0 Å². The lowest BCUT2D eigenvalue weighted by Crippen LogP contribution is -2.13. The van der Waals surface area contributed by atoms with E-state index in [9.17, 15) is 18.0 Å². The van der Waals surface area contributed by atoms with Gasteiger partial charge in [-0.2, -0.15) is 13.2 Å². The van der Waals surface area contributed by atoms with Gasteiger partial charge in [0.15, 0.2) is 11.5 Å². The number of carbonyl (C=O) groups is 1. The summed E-state index contributed by atoms with van der Waals surface area (Å²) < 4.78 is 54.0. The quantitative estimate of drug-likeness (QED) is 0.713. The molecule has 0 radical (unpaired) electrons. The Balaban J connectivity index is 2.64. The average molecular weight is 390 g/mol. The second kappa shape index (κ2) is 7.41. The van der Waals surface area contributed by atoms with Crippen LogP contribution in [0.15, 0.2) is 18.3 Å². The predicted octanol–water partition coefficient (Wildman–Crippen LogP) is 4.32. The van der Waals surface area contributed by atoms with Crippen molar-refractivity contribution in [2.75, 3.05) is 21.3 Å². The number of aromatic nitrogens is 1. The molecule has 0 saturated carbocycles. The minimum Gasteiger partial charge on any atom is -0.493 e. The molecule has 1 heterocycles. The van der Waals surface area contributed by atoms with Gasteiger partial charge < -0.3 is 14.2 Å². The maximum absolute atomic E-state index is 12.9. The van der Waals surface area contributed by atoms with Crippen LogP contribution in [-0.2, 0) is 6.18 Å². The van der Waals surface area contributed by atoms with Crippen LogP contribution in [0, 0.1) is 6.92 Å². The normalized spacial score (nSPS) is 11.2. The molecule has 0 aliphatic rings. The minimum absolute atomic E-state index is 0.0688. The number of hydrogen-bond acceptors (Lipinski definition) is 5. The average Bonchev–Trinajstić information content (AvgIpc) is 2.58. The zero-order valence-corrected chi connectivity index (χ0v) is 15.1. The van der Waals surface area contributed by atoms with Crippen LogP contribution in [0.1, 0.15) is 27.2 Å². The Morgan fingerprint density at radius 3 is 2.15 bits per heavy atom. The zero-order chi connectivity index (χ0) is 19.6. The standard InChI is InChI=1S/C17H15ClF3NO4/c1-8-5-11(24-2)15(25-3)16(26-4)12(8)14(23)13-10(18)6-9(7-22-13)17(19,20)21/h5-7H,1-4H3. The Kier molecular flexibility index (Phi) is 5.65. The van der Waals surface area contributed by atoms with E-state index in [2.05, 4.69) is 4.98 Å². The molecule has 0 amide bonds.